The van der Waals surface area contributed by atoms with Crippen LogP contribution in [0.1, 0.15) is 33.1 Å². The van der Waals surface area contributed by atoms with Crippen molar-refractivity contribution in [2.24, 2.45) is 5.92 Å². The van der Waals surface area contributed by atoms with Gasteiger partial charge >= 0.3 is 0 Å². The Labute approximate surface area is 69.0 Å². The van der Waals surface area contributed by atoms with Gasteiger partial charge in [0.15, 0.2) is 0 Å². The second-order valence-corrected chi connectivity index (χ2v) is 3.91. The molecule has 1 rings (SSSR count). The molecule has 0 spiro atoms. The third kappa shape index (κ3) is 2.80. The SMILES string of the molecule is CC(C)CN[C@@H]1CCC[C@@H]1O. The number of nitrogens with one attached hydrogen (secondary N) is 1. The smallest absolute Gasteiger partial charge is 0.0693 e. The molecule has 0 aromatic heterocycles. The van der Waals surface area contributed by atoms with Gasteiger partial charge in [0.25, 0.3) is 0 Å². The summed E-state index contributed by atoms with van der Waals surface area (Å²) in [6.45, 7) is 5.41. The van der Waals surface area contributed by atoms with Crippen molar-refractivity contribution < 1.29 is 5.11 Å². The lowest BCUT2D eigenvalue weighted by Gasteiger charge is -2.17. The zero-order valence-electron chi connectivity index (χ0n) is 7.51. The highest BCUT2D eigenvalue weighted by Gasteiger charge is 2.24. The molecule has 11 heavy (non-hydrogen) atoms. The molecular weight excluding hydrogens is 138 g/mol. The Hall–Kier alpha value is -0.0800. The van der Waals surface area contributed by atoms with Crippen LogP contribution in [0, 0.1) is 5.92 Å². The summed E-state index contributed by atoms with van der Waals surface area (Å²) in [5.41, 5.74) is 0. The molecule has 1 aliphatic carbocycles. The average Bonchev–Trinajstić information content (AvgIpc) is 2.31. The van der Waals surface area contributed by atoms with E-state index in [-0.39, 0.29) is 6.10 Å². The first-order chi connectivity index (χ1) is 5.20. The third-order valence-electron chi connectivity index (χ3n) is 2.27. The predicted octanol–water partition coefficient (Wildman–Crippen LogP) is 1.15. The first-order valence-corrected chi connectivity index (χ1v) is 4.61. The summed E-state index contributed by atoms with van der Waals surface area (Å²) in [5.74, 6) is 0.683. The lowest BCUT2D eigenvalue weighted by Crippen LogP contribution is -2.37. The lowest BCUT2D eigenvalue weighted by atomic mass is 10.1. The van der Waals surface area contributed by atoms with E-state index in [1.807, 2.05) is 0 Å². The number of aliphatic hydroxyl groups is 1. The minimum atomic E-state index is -0.0891. The van der Waals surface area contributed by atoms with Crippen LogP contribution in [0.25, 0.3) is 0 Å². The van der Waals surface area contributed by atoms with Crippen molar-refractivity contribution in [2.75, 3.05) is 6.54 Å². The molecule has 2 atom stereocenters. The Balaban J connectivity index is 2.15. The minimum absolute atomic E-state index is 0.0891. The highest BCUT2D eigenvalue weighted by Crippen LogP contribution is 2.18. The largest absolute Gasteiger partial charge is 0.392 e. The van der Waals surface area contributed by atoms with Crippen molar-refractivity contribution in [2.45, 2.75) is 45.3 Å². The van der Waals surface area contributed by atoms with Gasteiger partial charge in [0, 0.05) is 6.04 Å². The van der Waals surface area contributed by atoms with Gasteiger partial charge in [-0.2, -0.15) is 0 Å². The highest BCUT2D eigenvalue weighted by atomic mass is 16.3. The molecule has 1 fully saturated rings. The highest BCUT2D eigenvalue weighted by molar-refractivity contribution is 4.82. The maximum Gasteiger partial charge on any atom is 0.0693 e. The number of hydrogen-bond donors (Lipinski definition) is 2. The van der Waals surface area contributed by atoms with E-state index >= 15 is 0 Å². The summed E-state index contributed by atoms with van der Waals surface area (Å²) in [6.07, 6.45) is 3.22. The van der Waals surface area contributed by atoms with Gasteiger partial charge in [-0.05, 0) is 31.7 Å². The van der Waals surface area contributed by atoms with Crippen molar-refractivity contribution in [3.05, 3.63) is 0 Å². The van der Waals surface area contributed by atoms with Crippen LogP contribution in [0.5, 0.6) is 0 Å². The molecule has 2 heteroatoms. The molecule has 0 heterocycles. The van der Waals surface area contributed by atoms with Gasteiger partial charge in [0.05, 0.1) is 6.10 Å². The summed E-state index contributed by atoms with van der Waals surface area (Å²) in [5, 5.41) is 12.8. The Morgan fingerprint density at radius 2 is 2.18 bits per heavy atom. The Morgan fingerprint density at radius 3 is 2.64 bits per heavy atom. The van der Waals surface area contributed by atoms with Gasteiger partial charge in [-0.15, -0.1) is 0 Å². The van der Waals surface area contributed by atoms with Crippen LogP contribution in [0.15, 0.2) is 0 Å². The van der Waals surface area contributed by atoms with Gasteiger partial charge in [-0.25, -0.2) is 0 Å². The quantitative estimate of drug-likeness (QED) is 0.644. The number of aliphatic hydroxyl groups excluding tert-OH is 1. The number of hydrogen-bond acceptors (Lipinski definition) is 2. The summed E-state index contributed by atoms with van der Waals surface area (Å²) in [6, 6.07) is 0.373. The van der Waals surface area contributed by atoms with Crippen molar-refractivity contribution in [1.82, 2.24) is 5.32 Å². The van der Waals surface area contributed by atoms with Crippen LogP contribution in [0.2, 0.25) is 0 Å². The van der Waals surface area contributed by atoms with Crippen molar-refractivity contribution in [1.29, 1.82) is 0 Å². The average molecular weight is 157 g/mol. The maximum absolute atomic E-state index is 9.44. The van der Waals surface area contributed by atoms with E-state index < -0.39 is 0 Å². The molecular formula is C9H19NO. The molecule has 0 amide bonds. The molecule has 2 nitrogen and oxygen atoms in total. The van der Waals surface area contributed by atoms with Crippen LogP contribution in [-0.4, -0.2) is 23.8 Å². The molecule has 0 bridgehead atoms. The lowest BCUT2D eigenvalue weighted by molar-refractivity contribution is 0.147. The molecule has 2 N–H and O–H groups in total. The van der Waals surface area contributed by atoms with E-state index in [0.29, 0.717) is 12.0 Å². The Bertz CT molecular complexity index is 114. The van der Waals surface area contributed by atoms with Gasteiger partial charge in [0.2, 0.25) is 0 Å². The summed E-state index contributed by atoms with van der Waals surface area (Å²) in [7, 11) is 0. The van der Waals surface area contributed by atoms with Crippen molar-refractivity contribution >= 4 is 0 Å². The second kappa shape index (κ2) is 4.07. The zero-order valence-corrected chi connectivity index (χ0v) is 7.51. The fourth-order valence-electron chi connectivity index (χ4n) is 1.57. The molecule has 0 saturated heterocycles. The maximum atomic E-state index is 9.44. The molecule has 0 radical (unpaired) electrons. The van der Waals surface area contributed by atoms with E-state index in [4.69, 9.17) is 0 Å². The minimum Gasteiger partial charge on any atom is -0.392 e. The fraction of sp³-hybridized carbons (Fsp3) is 1.00. The first kappa shape index (κ1) is 9.01. The van der Waals surface area contributed by atoms with Gasteiger partial charge in [-0.3, -0.25) is 0 Å². The predicted molar refractivity (Wildman–Crippen MR) is 46.5 cm³/mol. The van der Waals surface area contributed by atoms with E-state index in [9.17, 15) is 5.11 Å². The van der Waals surface area contributed by atoms with Crippen molar-refractivity contribution in [3.63, 3.8) is 0 Å². The van der Waals surface area contributed by atoms with Crippen LogP contribution in [-0.2, 0) is 0 Å². The summed E-state index contributed by atoms with van der Waals surface area (Å²) >= 11 is 0. The van der Waals surface area contributed by atoms with Crippen molar-refractivity contribution in [3.8, 4) is 0 Å². The molecule has 66 valence electrons. The standard InChI is InChI=1S/C9H19NO/c1-7(2)6-10-8-4-3-5-9(8)11/h7-11H,3-6H2,1-2H3/t8-,9+/m1/s1. The van der Waals surface area contributed by atoms with Gasteiger partial charge in [-0.1, -0.05) is 13.8 Å². The van der Waals surface area contributed by atoms with E-state index in [1.165, 1.54) is 6.42 Å². The van der Waals surface area contributed by atoms with Gasteiger partial charge in [0.1, 0.15) is 0 Å². The summed E-state index contributed by atoms with van der Waals surface area (Å²) < 4.78 is 0. The topological polar surface area (TPSA) is 32.3 Å². The van der Waals surface area contributed by atoms with E-state index in [1.54, 1.807) is 0 Å². The fourth-order valence-corrected chi connectivity index (χ4v) is 1.57. The third-order valence-corrected chi connectivity index (χ3v) is 2.27. The molecule has 0 aromatic rings. The molecule has 0 aromatic carbocycles. The van der Waals surface area contributed by atoms with Crippen LogP contribution in [0.3, 0.4) is 0 Å². The van der Waals surface area contributed by atoms with Crippen LogP contribution >= 0.6 is 0 Å². The van der Waals surface area contributed by atoms with E-state index in [0.717, 1.165) is 19.4 Å². The summed E-state index contributed by atoms with van der Waals surface area (Å²) in [4.78, 5) is 0. The second-order valence-electron chi connectivity index (χ2n) is 3.91. The zero-order chi connectivity index (χ0) is 8.27. The monoisotopic (exact) mass is 157 g/mol. The number of rotatable bonds is 3. The first-order valence-electron chi connectivity index (χ1n) is 4.61. The molecule has 1 aliphatic rings. The van der Waals surface area contributed by atoms with Crippen LogP contribution < -0.4 is 5.32 Å². The van der Waals surface area contributed by atoms with E-state index in [2.05, 4.69) is 19.2 Å². The normalized spacial score (nSPS) is 31.6. The molecule has 0 unspecified atom stereocenters. The van der Waals surface area contributed by atoms with Gasteiger partial charge < -0.3 is 10.4 Å². The Morgan fingerprint density at radius 1 is 1.45 bits per heavy atom. The van der Waals surface area contributed by atoms with Crippen LogP contribution in [0.4, 0.5) is 0 Å². The molecule has 0 aliphatic heterocycles. The molecule has 1 saturated carbocycles. The Kier molecular flexibility index (Phi) is 3.34.